The lowest BCUT2D eigenvalue weighted by molar-refractivity contribution is 0.00813. The molecule has 0 bridgehead atoms. The number of rotatable bonds is 7. The van der Waals surface area contributed by atoms with Crippen molar-refractivity contribution < 1.29 is 9.84 Å². The van der Waals surface area contributed by atoms with Crippen molar-refractivity contribution in [2.75, 3.05) is 46.4 Å². The van der Waals surface area contributed by atoms with E-state index in [1.807, 2.05) is 31.4 Å². The Balaban J connectivity index is 1.48. The molecule has 1 aliphatic rings. The maximum Gasteiger partial charge on any atom is 0.120 e. The van der Waals surface area contributed by atoms with Gasteiger partial charge in [0.2, 0.25) is 0 Å². The summed E-state index contributed by atoms with van der Waals surface area (Å²) in [5.74, 6) is 0.912. The summed E-state index contributed by atoms with van der Waals surface area (Å²) < 4.78 is 5.33. The number of β-amino-alcohol motifs (C(OH)–C–C–N with tert-alkyl or cyclic N) is 1. The molecule has 1 atom stereocenters. The predicted octanol–water partition coefficient (Wildman–Crippen LogP) is 1.20. The van der Waals surface area contributed by atoms with Crippen molar-refractivity contribution in [3.05, 3.63) is 42.4 Å². The maximum atomic E-state index is 10.3. The second-order valence-corrected chi connectivity index (χ2v) is 6.37. The van der Waals surface area contributed by atoms with Gasteiger partial charge in [-0.15, -0.1) is 0 Å². The zero-order chi connectivity index (χ0) is 16.8. The molecule has 3 rings (SSSR count). The van der Waals surface area contributed by atoms with Crippen molar-refractivity contribution in [3.8, 4) is 11.3 Å². The summed E-state index contributed by atoms with van der Waals surface area (Å²) in [6, 6.07) is 10.2. The molecule has 1 aliphatic heterocycles. The molecule has 0 saturated carbocycles. The first-order valence-electron chi connectivity index (χ1n) is 8.47. The molecule has 0 spiro atoms. The summed E-state index contributed by atoms with van der Waals surface area (Å²) in [5, 5.41) is 10.3. The van der Waals surface area contributed by atoms with Crippen molar-refractivity contribution in [2.45, 2.75) is 12.6 Å². The largest absolute Gasteiger partial charge is 0.390 e. The summed E-state index contributed by atoms with van der Waals surface area (Å²) in [7, 11) is 2.01. The lowest BCUT2D eigenvalue weighted by Crippen LogP contribution is -2.44. The number of aliphatic hydroxyl groups excluding tert-OH is 1. The number of aliphatic hydroxyl groups is 1. The number of likely N-dealkylation sites (N-methyl/N-ethyl adjacent to an activating group) is 1. The van der Waals surface area contributed by atoms with E-state index in [1.165, 1.54) is 0 Å². The second kappa shape index (κ2) is 8.39. The first-order chi connectivity index (χ1) is 11.7. The average molecular weight is 330 g/mol. The van der Waals surface area contributed by atoms with Crippen LogP contribution in [0.15, 0.2) is 36.5 Å². The van der Waals surface area contributed by atoms with E-state index >= 15 is 0 Å². The minimum atomic E-state index is -0.364. The Kier molecular flexibility index (Phi) is 5.98. The zero-order valence-electron chi connectivity index (χ0n) is 14.2. The van der Waals surface area contributed by atoms with Crippen LogP contribution in [0.5, 0.6) is 0 Å². The Hall–Kier alpha value is -1.73. The summed E-state index contributed by atoms with van der Waals surface area (Å²) in [6.45, 7) is 5.33. The molecular formula is C18H26N4O2. The molecule has 2 N–H and O–H groups in total. The average Bonchev–Trinajstić information content (AvgIpc) is 3.04. The number of nitrogens with zero attached hydrogens (tertiary/aromatic N) is 3. The molecule has 0 radical (unpaired) electrons. The summed E-state index contributed by atoms with van der Waals surface area (Å²) in [5.41, 5.74) is 2.15. The van der Waals surface area contributed by atoms with Crippen molar-refractivity contribution in [2.24, 2.45) is 0 Å². The van der Waals surface area contributed by atoms with Crippen molar-refractivity contribution in [1.82, 2.24) is 19.8 Å². The van der Waals surface area contributed by atoms with Crippen LogP contribution >= 0.6 is 0 Å². The topological polar surface area (TPSA) is 64.6 Å². The van der Waals surface area contributed by atoms with Gasteiger partial charge in [0.05, 0.1) is 37.8 Å². The number of imidazole rings is 1. The van der Waals surface area contributed by atoms with Crippen LogP contribution in [0, 0.1) is 0 Å². The molecule has 1 unspecified atom stereocenters. The Bertz CT molecular complexity index is 610. The third-order valence-electron chi connectivity index (χ3n) is 4.23. The van der Waals surface area contributed by atoms with Crippen LogP contribution in [-0.2, 0) is 11.3 Å². The van der Waals surface area contributed by atoms with E-state index in [4.69, 9.17) is 4.74 Å². The van der Waals surface area contributed by atoms with Crippen LogP contribution in [-0.4, -0.2) is 77.4 Å². The van der Waals surface area contributed by atoms with Gasteiger partial charge in [-0.05, 0) is 12.6 Å². The number of morpholine rings is 1. The van der Waals surface area contributed by atoms with Crippen molar-refractivity contribution >= 4 is 0 Å². The molecule has 130 valence electrons. The van der Waals surface area contributed by atoms with Crippen LogP contribution in [0.4, 0.5) is 0 Å². The fraction of sp³-hybridized carbons (Fsp3) is 0.500. The first kappa shape index (κ1) is 17.1. The number of ether oxygens (including phenoxy) is 1. The fourth-order valence-electron chi connectivity index (χ4n) is 3.03. The molecule has 2 heterocycles. The van der Waals surface area contributed by atoms with Gasteiger partial charge in [-0.2, -0.15) is 0 Å². The Morgan fingerprint density at radius 2 is 2.04 bits per heavy atom. The third-order valence-corrected chi connectivity index (χ3v) is 4.23. The lowest BCUT2D eigenvalue weighted by Gasteiger charge is -2.29. The van der Waals surface area contributed by atoms with E-state index in [0.29, 0.717) is 19.6 Å². The number of hydrogen-bond acceptors (Lipinski definition) is 5. The third kappa shape index (κ3) is 4.88. The lowest BCUT2D eigenvalue weighted by atomic mass is 10.2. The standard InChI is InChI=1S/C18H26N4O2/c1-21(12-16(23)13-22-7-9-24-10-8-22)14-18-19-11-17(20-18)15-5-3-2-4-6-15/h2-6,11,16,23H,7-10,12-14H2,1H3,(H,19,20). The van der Waals surface area contributed by atoms with Crippen molar-refractivity contribution in [1.29, 1.82) is 0 Å². The van der Waals surface area contributed by atoms with Gasteiger partial charge >= 0.3 is 0 Å². The molecule has 6 nitrogen and oxygen atoms in total. The van der Waals surface area contributed by atoms with E-state index in [-0.39, 0.29) is 6.10 Å². The quantitative estimate of drug-likeness (QED) is 0.799. The number of nitrogens with one attached hydrogen (secondary N) is 1. The number of aromatic nitrogens is 2. The van der Waals surface area contributed by atoms with Crippen LogP contribution in [0.1, 0.15) is 5.82 Å². The Labute approximate surface area is 143 Å². The predicted molar refractivity (Wildman–Crippen MR) is 93.6 cm³/mol. The fourth-order valence-corrected chi connectivity index (χ4v) is 3.03. The van der Waals surface area contributed by atoms with Gasteiger partial charge in [0.15, 0.2) is 0 Å². The molecule has 24 heavy (non-hydrogen) atoms. The van der Waals surface area contributed by atoms with Gasteiger partial charge in [-0.3, -0.25) is 9.80 Å². The van der Waals surface area contributed by atoms with Gasteiger partial charge < -0.3 is 14.8 Å². The van der Waals surface area contributed by atoms with E-state index in [9.17, 15) is 5.11 Å². The number of H-pyrrole nitrogens is 1. The molecule has 1 fully saturated rings. The minimum absolute atomic E-state index is 0.364. The minimum Gasteiger partial charge on any atom is -0.390 e. The highest BCUT2D eigenvalue weighted by Crippen LogP contribution is 2.16. The van der Waals surface area contributed by atoms with Crippen LogP contribution in [0.3, 0.4) is 0 Å². The molecule has 6 heteroatoms. The smallest absolute Gasteiger partial charge is 0.120 e. The van der Waals surface area contributed by atoms with Crippen LogP contribution in [0.2, 0.25) is 0 Å². The molecule has 1 aromatic carbocycles. The Morgan fingerprint density at radius 1 is 1.29 bits per heavy atom. The van der Waals surface area contributed by atoms with Crippen LogP contribution < -0.4 is 0 Å². The Morgan fingerprint density at radius 3 is 2.79 bits per heavy atom. The molecule has 1 saturated heterocycles. The summed E-state index contributed by atoms with van der Waals surface area (Å²) in [6.07, 6.45) is 1.50. The molecular weight excluding hydrogens is 304 g/mol. The highest BCUT2D eigenvalue weighted by atomic mass is 16.5. The van der Waals surface area contributed by atoms with E-state index in [0.717, 1.165) is 43.4 Å². The monoisotopic (exact) mass is 330 g/mol. The molecule has 0 aliphatic carbocycles. The zero-order valence-corrected chi connectivity index (χ0v) is 14.2. The van der Waals surface area contributed by atoms with E-state index in [2.05, 4.69) is 31.9 Å². The van der Waals surface area contributed by atoms with E-state index in [1.54, 1.807) is 0 Å². The second-order valence-electron chi connectivity index (χ2n) is 6.37. The van der Waals surface area contributed by atoms with Gasteiger partial charge in [-0.1, -0.05) is 30.3 Å². The number of benzene rings is 1. The number of aromatic amines is 1. The molecule has 0 amide bonds. The SMILES string of the molecule is CN(Cc1ncc(-c2ccccc2)[nH]1)CC(O)CN1CCOCC1. The summed E-state index contributed by atoms with van der Waals surface area (Å²) >= 11 is 0. The van der Waals surface area contributed by atoms with Gasteiger partial charge in [0.1, 0.15) is 5.82 Å². The normalized spacial score (nSPS) is 17.3. The highest BCUT2D eigenvalue weighted by molar-refractivity contribution is 5.57. The van der Waals surface area contributed by atoms with Crippen LogP contribution in [0.25, 0.3) is 11.3 Å². The summed E-state index contributed by atoms with van der Waals surface area (Å²) in [4.78, 5) is 12.2. The number of hydrogen-bond donors (Lipinski definition) is 2. The maximum absolute atomic E-state index is 10.3. The van der Waals surface area contributed by atoms with Gasteiger partial charge in [-0.25, -0.2) is 4.98 Å². The first-order valence-corrected chi connectivity index (χ1v) is 8.47. The van der Waals surface area contributed by atoms with Gasteiger partial charge in [0.25, 0.3) is 0 Å². The van der Waals surface area contributed by atoms with Crippen molar-refractivity contribution in [3.63, 3.8) is 0 Å². The highest BCUT2D eigenvalue weighted by Gasteiger charge is 2.16. The molecule has 1 aromatic heterocycles. The van der Waals surface area contributed by atoms with E-state index < -0.39 is 0 Å². The van der Waals surface area contributed by atoms with Gasteiger partial charge in [0, 0.05) is 26.2 Å². The molecule has 2 aromatic rings.